The van der Waals surface area contributed by atoms with Gasteiger partial charge in [0, 0.05) is 16.5 Å². The van der Waals surface area contributed by atoms with Crippen LogP contribution in [0.5, 0.6) is 0 Å². The van der Waals surface area contributed by atoms with Gasteiger partial charge in [0.1, 0.15) is 0 Å². The molecule has 0 radical (unpaired) electrons. The number of aliphatic imine (C=N–C) groups is 1. The van der Waals surface area contributed by atoms with Crippen molar-refractivity contribution >= 4 is 28.7 Å². The molecule has 2 aliphatic carbocycles. The number of hydrogen-bond acceptors (Lipinski definition) is 3. The number of nitrogens with zero attached hydrogens (tertiary/aromatic N) is 1. The van der Waals surface area contributed by atoms with E-state index in [-0.39, 0.29) is 0 Å². The second-order valence-corrected chi connectivity index (χ2v) is 8.12. The maximum Gasteiger partial charge on any atom is 0.157 e. The average molecular weight is 284 g/mol. The normalized spacial score (nSPS) is 37.3. The van der Waals surface area contributed by atoms with Crippen LogP contribution in [0, 0.1) is 0 Å². The molecule has 2 nitrogen and oxygen atoms in total. The number of hydrogen-bond donors (Lipinski definition) is 1. The van der Waals surface area contributed by atoms with Crippen LogP contribution in [0.15, 0.2) is 4.99 Å². The maximum atomic E-state index is 5.01. The highest BCUT2D eigenvalue weighted by Gasteiger charge is 2.39. The second-order valence-electron chi connectivity index (χ2n) is 6.01. The lowest BCUT2D eigenvalue weighted by molar-refractivity contribution is 0.438. The first-order chi connectivity index (χ1) is 8.80. The molecule has 0 bridgehead atoms. The zero-order chi connectivity index (χ0) is 12.4. The molecule has 1 spiro atoms. The highest BCUT2D eigenvalue weighted by molar-refractivity contribution is 8.14. The summed E-state index contributed by atoms with van der Waals surface area (Å²) < 4.78 is 0. The van der Waals surface area contributed by atoms with Crippen molar-refractivity contribution in [3.63, 3.8) is 0 Å². The summed E-state index contributed by atoms with van der Waals surface area (Å²) >= 11 is 4.00. The number of nitrogens with one attached hydrogen (secondary N) is 1. The lowest BCUT2D eigenvalue weighted by Gasteiger charge is -2.26. The Morgan fingerprint density at radius 3 is 2.89 bits per heavy atom. The summed E-state index contributed by atoms with van der Waals surface area (Å²) in [5, 5.41) is 5.85. The summed E-state index contributed by atoms with van der Waals surface area (Å²) in [6.45, 7) is 0. The molecular formula is C14H24N2S2. The Labute approximate surface area is 119 Å². The summed E-state index contributed by atoms with van der Waals surface area (Å²) in [5.41, 5.74) is 0.428. The fourth-order valence-electron chi connectivity index (χ4n) is 3.51. The van der Waals surface area contributed by atoms with Crippen LogP contribution in [0.25, 0.3) is 0 Å². The molecule has 2 atom stereocenters. The molecule has 1 saturated heterocycles. The quantitative estimate of drug-likeness (QED) is 0.837. The first kappa shape index (κ1) is 13.2. The van der Waals surface area contributed by atoms with Crippen LogP contribution in [0.1, 0.15) is 51.4 Å². The largest absolute Gasteiger partial charge is 0.359 e. The van der Waals surface area contributed by atoms with Crippen molar-refractivity contribution in [3.05, 3.63) is 0 Å². The first-order valence-electron chi connectivity index (χ1n) is 7.31. The van der Waals surface area contributed by atoms with Gasteiger partial charge in [-0.1, -0.05) is 31.0 Å². The van der Waals surface area contributed by atoms with E-state index in [0.29, 0.717) is 11.6 Å². The molecule has 1 heterocycles. The number of rotatable bonds is 2. The molecule has 0 aromatic carbocycles. The third-order valence-electron chi connectivity index (χ3n) is 4.65. The Balaban J connectivity index is 1.59. The Hall–Kier alpha value is 0.170. The predicted molar refractivity (Wildman–Crippen MR) is 83.8 cm³/mol. The van der Waals surface area contributed by atoms with Crippen molar-refractivity contribution in [3.8, 4) is 0 Å². The van der Waals surface area contributed by atoms with Crippen LogP contribution in [-0.2, 0) is 0 Å². The smallest absolute Gasteiger partial charge is 0.157 e. The van der Waals surface area contributed by atoms with Crippen LogP contribution >= 0.6 is 23.5 Å². The summed E-state index contributed by atoms with van der Waals surface area (Å²) in [6, 6.07) is 0.586. The molecule has 2 unspecified atom stereocenters. The molecule has 4 heteroatoms. The van der Waals surface area contributed by atoms with Gasteiger partial charge in [0.15, 0.2) is 5.17 Å². The number of thioether (sulfide) groups is 2. The van der Waals surface area contributed by atoms with Gasteiger partial charge in [-0.3, -0.25) is 4.99 Å². The molecule has 3 fully saturated rings. The van der Waals surface area contributed by atoms with Crippen molar-refractivity contribution in [2.75, 3.05) is 12.0 Å². The molecule has 18 heavy (non-hydrogen) atoms. The van der Waals surface area contributed by atoms with Gasteiger partial charge in [0.05, 0.1) is 6.04 Å². The molecule has 102 valence electrons. The van der Waals surface area contributed by atoms with E-state index in [2.05, 4.69) is 11.6 Å². The Morgan fingerprint density at radius 1 is 1.28 bits per heavy atom. The standard InChI is InChI=1S/C14H24N2S2/c1-17-12-6-4-5-11(9-12)15-13-16-14(10-18-13)7-2-3-8-14/h11-12H,2-10H2,1H3,(H,15,16). The van der Waals surface area contributed by atoms with Crippen LogP contribution in [0.3, 0.4) is 0 Å². The first-order valence-corrected chi connectivity index (χ1v) is 9.59. The molecular weight excluding hydrogens is 260 g/mol. The van der Waals surface area contributed by atoms with E-state index < -0.39 is 0 Å². The number of amidine groups is 1. The van der Waals surface area contributed by atoms with Gasteiger partial charge < -0.3 is 5.32 Å². The summed E-state index contributed by atoms with van der Waals surface area (Å²) in [7, 11) is 0. The highest BCUT2D eigenvalue weighted by Crippen LogP contribution is 2.38. The molecule has 0 amide bonds. The van der Waals surface area contributed by atoms with Gasteiger partial charge in [-0.15, -0.1) is 0 Å². The Bertz CT molecular complexity index is 324. The minimum atomic E-state index is 0.428. The molecule has 1 aliphatic heterocycles. The Kier molecular flexibility index (Phi) is 4.14. The lowest BCUT2D eigenvalue weighted by atomic mass is 9.95. The van der Waals surface area contributed by atoms with Crippen molar-refractivity contribution < 1.29 is 0 Å². The van der Waals surface area contributed by atoms with E-state index >= 15 is 0 Å². The van der Waals surface area contributed by atoms with Crippen molar-refractivity contribution in [2.24, 2.45) is 4.99 Å². The van der Waals surface area contributed by atoms with E-state index in [9.17, 15) is 0 Å². The lowest BCUT2D eigenvalue weighted by Crippen LogP contribution is -2.41. The van der Waals surface area contributed by atoms with E-state index in [1.807, 2.05) is 23.5 Å². The topological polar surface area (TPSA) is 24.4 Å². The van der Waals surface area contributed by atoms with Gasteiger partial charge in [-0.25, -0.2) is 0 Å². The molecule has 2 saturated carbocycles. The monoisotopic (exact) mass is 284 g/mol. The van der Waals surface area contributed by atoms with E-state index in [4.69, 9.17) is 4.99 Å². The minimum absolute atomic E-state index is 0.428. The summed E-state index contributed by atoms with van der Waals surface area (Å²) in [6.07, 6.45) is 13.1. The second kappa shape index (κ2) is 5.66. The third kappa shape index (κ3) is 2.84. The van der Waals surface area contributed by atoms with Crippen molar-refractivity contribution in [1.82, 2.24) is 5.32 Å². The fourth-order valence-corrected chi connectivity index (χ4v) is 5.62. The average Bonchev–Trinajstić information content (AvgIpc) is 3.01. The third-order valence-corrected chi connectivity index (χ3v) is 6.92. The van der Waals surface area contributed by atoms with E-state index in [1.54, 1.807) is 0 Å². The zero-order valence-electron chi connectivity index (χ0n) is 11.3. The van der Waals surface area contributed by atoms with Crippen LogP contribution in [0.2, 0.25) is 0 Å². The Morgan fingerprint density at radius 2 is 2.11 bits per heavy atom. The summed E-state index contributed by atoms with van der Waals surface area (Å²) in [5.74, 6) is 1.25. The van der Waals surface area contributed by atoms with Crippen molar-refractivity contribution in [1.29, 1.82) is 0 Å². The molecule has 0 aromatic heterocycles. The predicted octanol–water partition coefficient (Wildman–Crippen LogP) is 3.67. The zero-order valence-corrected chi connectivity index (χ0v) is 12.9. The van der Waals surface area contributed by atoms with Gasteiger partial charge in [-0.2, -0.15) is 11.8 Å². The maximum absolute atomic E-state index is 5.01. The fraction of sp³-hybridized carbons (Fsp3) is 0.929. The minimum Gasteiger partial charge on any atom is -0.359 e. The van der Waals surface area contributed by atoms with Gasteiger partial charge in [-0.05, 0) is 38.4 Å². The van der Waals surface area contributed by atoms with Crippen LogP contribution in [-0.4, -0.2) is 34.0 Å². The van der Waals surface area contributed by atoms with E-state index in [1.165, 1.54) is 62.3 Å². The van der Waals surface area contributed by atoms with Gasteiger partial charge in [0.2, 0.25) is 0 Å². The van der Waals surface area contributed by atoms with Crippen LogP contribution in [0.4, 0.5) is 0 Å². The van der Waals surface area contributed by atoms with Crippen LogP contribution < -0.4 is 5.32 Å². The highest BCUT2D eigenvalue weighted by atomic mass is 32.2. The van der Waals surface area contributed by atoms with E-state index in [0.717, 1.165) is 5.25 Å². The summed E-state index contributed by atoms with van der Waals surface area (Å²) in [4.78, 5) is 5.01. The van der Waals surface area contributed by atoms with Crippen molar-refractivity contribution in [2.45, 2.75) is 68.2 Å². The van der Waals surface area contributed by atoms with Gasteiger partial charge >= 0.3 is 0 Å². The molecule has 3 aliphatic rings. The molecule has 0 aromatic rings. The molecule has 3 rings (SSSR count). The molecule has 1 N–H and O–H groups in total. The van der Waals surface area contributed by atoms with Gasteiger partial charge in [0.25, 0.3) is 0 Å². The SMILES string of the molecule is CSC1CCCC(N=C2NC3(CCCC3)CS2)C1.